The highest BCUT2D eigenvalue weighted by atomic mass is 32.2. The van der Waals surface area contributed by atoms with Gasteiger partial charge in [0.1, 0.15) is 6.07 Å². The molecule has 0 saturated heterocycles. The maximum atomic E-state index is 12.8. The van der Waals surface area contributed by atoms with Crippen LogP contribution in [0.15, 0.2) is 65.7 Å². The Bertz CT molecular complexity index is 1140. The lowest BCUT2D eigenvalue weighted by molar-refractivity contribution is 0.103. The lowest BCUT2D eigenvalue weighted by Crippen LogP contribution is -2.12. The zero-order valence-corrected chi connectivity index (χ0v) is 15.4. The van der Waals surface area contributed by atoms with Gasteiger partial charge in [0.15, 0.2) is 5.78 Å². The normalized spacial score (nSPS) is 11.1. The van der Waals surface area contributed by atoms with Crippen LogP contribution in [0.4, 0.5) is 0 Å². The van der Waals surface area contributed by atoms with E-state index in [9.17, 15) is 18.5 Å². The molecule has 2 N–H and O–H groups in total. The summed E-state index contributed by atoms with van der Waals surface area (Å²) < 4.78 is 24.5. The van der Waals surface area contributed by atoms with E-state index in [1.165, 1.54) is 12.1 Å². The number of aryl methyl sites for hydroxylation is 1. The fraction of sp³-hybridized carbons (Fsp3) is 0.100. The molecule has 27 heavy (non-hydrogen) atoms. The van der Waals surface area contributed by atoms with E-state index < -0.39 is 10.0 Å². The van der Waals surface area contributed by atoms with Crippen LogP contribution in [-0.2, 0) is 23.5 Å². The SMILES string of the molecule is Cn1cc(C(=O)c2ccccc2)c(C#N)c1Cc1ccc(S(N)(=O)=O)cc1. The Labute approximate surface area is 157 Å². The molecular formula is C20H17N3O3S. The van der Waals surface area contributed by atoms with Crippen molar-refractivity contribution >= 4 is 15.8 Å². The number of hydrogen-bond acceptors (Lipinski definition) is 4. The van der Waals surface area contributed by atoms with Gasteiger partial charge >= 0.3 is 0 Å². The van der Waals surface area contributed by atoms with Gasteiger partial charge in [-0.2, -0.15) is 5.26 Å². The Morgan fingerprint density at radius 1 is 1.11 bits per heavy atom. The summed E-state index contributed by atoms with van der Waals surface area (Å²) in [6, 6.07) is 17.1. The first-order valence-corrected chi connectivity index (χ1v) is 9.65. The number of benzene rings is 2. The molecule has 7 heteroatoms. The van der Waals surface area contributed by atoms with Crippen molar-refractivity contribution in [2.75, 3.05) is 0 Å². The molecule has 2 aromatic carbocycles. The third-order valence-corrected chi connectivity index (χ3v) is 5.25. The summed E-state index contributed by atoms with van der Waals surface area (Å²) in [5.74, 6) is -0.210. The molecule has 1 heterocycles. The zero-order valence-electron chi connectivity index (χ0n) is 14.6. The number of sulfonamides is 1. The van der Waals surface area contributed by atoms with Crippen LogP contribution in [0.25, 0.3) is 0 Å². The Balaban J connectivity index is 1.97. The molecule has 0 radical (unpaired) electrons. The maximum Gasteiger partial charge on any atom is 0.238 e. The number of ketones is 1. The minimum Gasteiger partial charge on any atom is -0.352 e. The van der Waals surface area contributed by atoms with Crippen molar-refractivity contribution in [2.24, 2.45) is 12.2 Å². The van der Waals surface area contributed by atoms with E-state index in [0.29, 0.717) is 28.8 Å². The van der Waals surface area contributed by atoms with Crippen molar-refractivity contribution in [3.05, 3.63) is 88.7 Å². The van der Waals surface area contributed by atoms with Gasteiger partial charge in [-0.3, -0.25) is 4.79 Å². The van der Waals surface area contributed by atoms with Crippen molar-refractivity contribution in [1.29, 1.82) is 5.26 Å². The minimum absolute atomic E-state index is 0.0265. The molecule has 6 nitrogen and oxygen atoms in total. The van der Waals surface area contributed by atoms with Crippen LogP contribution in [0.5, 0.6) is 0 Å². The fourth-order valence-electron chi connectivity index (χ4n) is 2.91. The van der Waals surface area contributed by atoms with E-state index in [4.69, 9.17) is 5.14 Å². The number of nitrogens with zero attached hydrogens (tertiary/aromatic N) is 2. The molecule has 1 aromatic heterocycles. The molecule has 0 saturated carbocycles. The molecule has 0 atom stereocenters. The van der Waals surface area contributed by atoms with Crippen molar-refractivity contribution in [3.8, 4) is 6.07 Å². The van der Waals surface area contributed by atoms with Gasteiger partial charge in [-0.25, -0.2) is 13.6 Å². The van der Waals surface area contributed by atoms with Gasteiger partial charge in [0.25, 0.3) is 0 Å². The highest BCUT2D eigenvalue weighted by molar-refractivity contribution is 7.89. The van der Waals surface area contributed by atoms with E-state index in [1.807, 2.05) is 6.07 Å². The van der Waals surface area contributed by atoms with Crippen molar-refractivity contribution < 1.29 is 13.2 Å². The third-order valence-electron chi connectivity index (χ3n) is 4.32. The lowest BCUT2D eigenvalue weighted by atomic mass is 9.99. The number of nitriles is 1. The first kappa shape index (κ1) is 18.6. The standard InChI is InChI=1S/C20H17N3O3S/c1-23-13-18(20(24)15-5-3-2-4-6-15)17(12-21)19(23)11-14-7-9-16(10-8-14)27(22,25)26/h2-10,13H,11H2,1H3,(H2,22,25,26). The number of carbonyl (C=O) groups is 1. The molecular weight excluding hydrogens is 362 g/mol. The van der Waals surface area contributed by atoms with Crippen LogP contribution in [0.2, 0.25) is 0 Å². The van der Waals surface area contributed by atoms with Gasteiger partial charge in [-0.1, -0.05) is 42.5 Å². The van der Waals surface area contributed by atoms with Crippen LogP contribution in [0.3, 0.4) is 0 Å². The van der Waals surface area contributed by atoms with Gasteiger partial charge in [0.2, 0.25) is 10.0 Å². The highest BCUT2D eigenvalue weighted by Crippen LogP contribution is 2.23. The highest BCUT2D eigenvalue weighted by Gasteiger charge is 2.21. The van der Waals surface area contributed by atoms with E-state index >= 15 is 0 Å². The Morgan fingerprint density at radius 2 is 1.74 bits per heavy atom. The molecule has 0 aliphatic rings. The number of hydrogen-bond donors (Lipinski definition) is 1. The van der Waals surface area contributed by atoms with E-state index in [1.54, 1.807) is 54.2 Å². The van der Waals surface area contributed by atoms with Crippen LogP contribution in [0.1, 0.15) is 32.7 Å². The number of aromatic nitrogens is 1. The van der Waals surface area contributed by atoms with Crippen molar-refractivity contribution in [1.82, 2.24) is 4.57 Å². The Kier molecular flexibility index (Phi) is 4.95. The Hall–Kier alpha value is -3.21. The summed E-state index contributed by atoms with van der Waals surface area (Å²) in [6.07, 6.45) is 2.04. The summed E-state index contributed by atoms with van der Waals surface area (Å²) in [5.41, 5.74) is 2.67. The van der Waals surface area contributed by atoms with Crippen LogP contribution < -0.4 is 5.14 Å². The molecule has 0 aliphatic carbocycles. The summed E-state index contributed by atoms with van der Waals surface area (Å²) in [4.78, 5) is 12.8. The number of nitrogens with two attached hydrogens (primary N) is 1. The van der Waals surface area contributed by atoms with Gasteiger partial charge in [-0.05, 0) is 17.7 Å². The maximum absolute atomic E-state index is 12.8. The molecule has 0 fully saturated rings. The minimum atomic E-state index is -3.75. The topological polar surface area (TPSA) is 106 Å². The van der Waals surface area contributed by atoms with E-state index in [2.05, 4.69) is 6.07 Å². The summed E-state index contributed by atoms with van der Waals surface area (Å²) >= 11 is 0. The quantitative estimate of drug-likeness (QED) is 0.687. The van der Waals surface area contributed by atoms with Crippen molar-refractivity contribution in [2.45, 2.75) is 11.3 Å². The first-order chi connectivity index (χ1) is 12.8. The van der Waals surface area contributed by atoms with Gasteiger partial charge < -0.3 is 4.57 Å². The van der Waals surface area contributed by atoms with E-state index in [-0.39, 0.29) is 10.7 Å². The number of rotatable bonds is 5. The second-order valence-corrected chi connectivity index (χ2v) is 7.71. The monoisotopic (exact) mass is 379 g/mol. The number of carbonyl (C=O) groups excluding carboxylic acids is 1. The van der Waals surface area contributed by atoms with E-state index in [0.717, 1.165) is 5.56 Å². The summed E-state index contributed by atoms with van der Waals surface area (Å²) in [5, 5.41) is 14.7. The lowest BCUT2D eigenvalue weighted by Gasteiger charge is -2.06. The average Bonchev–Trinajstić information content (AvgIpc) is 2.97. The van der Waals surface area contributed by atoms with Gasteiger partial charge in [-0.15, -0.1) is 0 Å². The molecule has 3 rings (SSSR count). The second-order valence-electron chi connectivity index (χ2n) is 6.15. The summed E-state index contributed by atoms with van der Waals surface area (Å²) in [7, 11) is -1.98. The predicted molar refractivity (Wildman–Crippen MR) is 101 cm³/mol. The second kappa shape index (κ2) is 7.19. The first-order valence-electron chi connectivity index (χ1n) is 8.11. The molecule has 0 bridgehead atoms. The molecule has 0 aliphatic heterocycles. The number of primary sulfonamides is 1. The zero-order chi connectivity index (χ0) is 19.6. The van der Waals surface area contributed by atoms with Gasteiger partial charge in [0.05, 0.1) is 16.0 Å². The van der Waals surface area contributed by atoms with Crippen LogP contribution in [0, 0.1) is 11.3 Å². The molecule has 136 valence electrons. The molecule has 0 unspecified atom stereocenters. The van der Waals surface area contributed by atoms with Gasteiger partial charge in [0, 0.05) is 30.9 Å². The summed E-state index contributed by atoms with van der Waals surface area (Å²) in [6.45, 7) is 0. The largest absolute Gasteiger partial charge is 0.352 e. The van der Waals surface area contributed by atoms with Crippen molar-refractivity contribution in [3.63, 3.8) is 0 Å². The van der Waals surface area contributed by atoms with Crippen LogP contribution >= 0.6 is 0 Å². The predicted octanol–water partition coefficient (Wildman–Crippen LogP) is 2.37. The third kappa shape index (κ3) is 3.82. The fourth-order valence-corrected chi connectivity index (χ4v) is 3.43. The molecule has 0 spiro atoms. The molecule has 3 aromatic rings. The van der Waals surface area contributed by atoms with Crippen LogP contribution in [-0.4, -0.2) is 18.8 Å². The molecule has 0 amide bonds. The average molecular weight is 379 g/mol. The smallest absolute Gasteiger partial charge is 0.238 e. The Morgan fingerprint density at radius 3 is 2.30 bits per heavy atom.